The number of likely N-dealkylation sites (tertiary alicyclic amines) is 1. The molecular weight excluding hydrogens is 334 g/mol. The summed E-state index contributed by atoms with van der Waals surface area (Å²) in [5, 5.41) is 4.24. The van der Waals surface area contributed by atoms with Crippen molar-refractivity contribution in [3.05, 3.63) is 18.5 Å². The SMILES string of the molecule is CN1C(=O)N(CC(=O)N2CCC(n3cccn3)C2)C(=O)C12CCCCC2. The topological polar surface area (TPSA) is 78.8 Å². The number of urea groups is 1. The van der Waals surface area contributed by atoms with Crippen molar-refractivity contribution in [1.29, 1.82) is 0 Å². The molecule has 1 atom stereocenters. The zero-order chi connectivity index (χ0) is 18.3. The van der Waals surface area contributed by atoms with Crippen molar-refractivity contribution in [3.8, 4) is 0 Å². The predicted octanol–water partition coefficient (Wildman–Crippen LogP) is 1.25. The van der Waals surface area contributed by atoms with Gasteiger partial charge in [-0.15, -0.1) is 0 Å². The Morgan fingerprint density at radius 2 is 2.04 bits per heavy atom. The summed E-state index contributed by atoms with van der Waals surface area (Å²) in [6, 6.07) is 1.69. The van der Waals surface area contributed by atoms with Gasteiger partial charge in [0.2, 0.25) is 5.91 Å². The molecule has 140 valence electrons. The van der Waals surface area contributed by atoms with Gasteiger partial charge in [-0.1, -0.05) is 19.3 Å². The van der Waals surface area contributed by atoms with E-state index in [2.05, 4.69) is 5.10 Å². The highest BCUT2D eigenvalue weighted by molar-refractivity contribution is 6.08. The van der Waals surface area contributed by atoms with Gasteiger partial charge in [0.1, 0.15) is 12.1 Å². The zero-order valence-corrected chi connectivity index (χ0v) is 15.1. The maximum absolute atomic E-state index is 13.0. The monoisotopic (exact) mass is 359 g/mol. The summed E-state index contributed by atoms with van der Waals surface area (Å²) in [6.45, 7) is 1.04. The number of amides is 4. The molecule has 1 unspecified atom stereocenters. The summed E-state index contributed by atoms with van der Waals surface area (Å²) < 4.78 is 1.87. The van der Waals surface area contributed by atoms with Gasteiger partial charge >= 0.3 is 6.03 Å². The van der Waals surface area contributed by atoms with Gasteiger partial charge in [-0.05, 0) is 25.3 Å². The van der Waals surface area contributed by atoms with E-state index >= 15 is 0 Å². The molecule has 1 spiro atoms. The Labute approximate surface area is 152 Å². The fraction of sp³-hybridized carbons (Fsp3) is 0.667. The highest BCUT2D eigenvalue weighted by Gasteiger charge is 2.56. The molecule has 0 aromatic carbocycles. The summed E-state index contributed by atoms with van der Waals surface area (Å²) in [6.07, 6.45) is 8.84. The van der Waals surface area contributed by atoms with Crippen LogP contribution in [0, 0.1) is 0 Å². The van der Waals surface area contributed by atoms with Gasteiger partial charge in [-0.2, -0.15) is 5.10 Å². The van der Waals surface area contributed by atoms with Crippen LogP contribution in [0.15, 0.2) is 18.5 Å². The minimum absolute atomic E-state index is 0.157. The average Bonchev–Trinajstić information content (AvgIpc) is 3.38. The standard InChI is InChI=1S/C18H25N5O3/c1-20-17(26)22(16(25)18(20)7-3-2-4-8-18)13-15(24)21-11-6-14(12-21)23-10-5-9-19-23/h5,9-10,14H,2-4,6-8,11-13H2,1H3. The van der Waals surface area contributed by atoms with Crippen LogP contribution in [-0.4, -0.2) is 74.5 Å². The molecule has 4 rings (SSSR count). The molecule has 1 aliphatic carbocycles. The number of likely N-dealkylation sites (N-methyl/N-ethyl adjacent to an activating group) is 1. The normalized spacial score (nSPS) is 25.6. The van der Waals surface area contributed by atoms with Crippen LogP contribution in [0.4, 0.5) is 4.79 Å². The quantitative estimate of drug-likeness (QED) is 0.761. The van der Waals surface area contributed by atoms with Crippen molar-refractivity contribution in [2.24, 2.45) is 0 Å². The average molecular weight is 359 g/mol. The van der Waals surface area contributed by atoms with Crippen LogP contribution in [0.1, 0.15) is 44.6 Å². The summed E-state index contributed by atoms with van der Waals surface area (Å²) in [7, 11) is 1.69. The van der Waals surface area contributed by atoms with Crippen LogP contribution in [0.2, 0.25) is 0 Å². The van der Waals surface area contributed by atoms with Gasteiger partial charge < -0.3 is 9.80 Å². The van der Waals surface area contributed by atoms with E-state index in [1.165, 1.54) is 0 Å². The third-order valence-corrected chi connectivity index (χ3v) is 6.19. The fourth-order valence-electron chi connectivity index (χ4n) is 4.59. The van der Waals surface area contributed by atoms with Crippen LogP contribution in [0.25, 0.3) is 0 Å². The van der Waals surface area contributed by atoms with E-state index in [1.54, 1.807) is 23.0 Å². The lowest BCUT2D eigenvalue weighted by atomic mass is 9.81. The number of aromatic nitrogens is 2. The highest BCUT2D eigenvalue weighted by Crippen LogP contribution is 2.39. The number of imide groups is 1. The molecule has 26 heavy (non-hydrogen) atoms. The lowest BCUT2D eigenvalue weighted by Crippen LogP contribution is -2.49. The van der Waals surface area contributed by atoms with E-state index in [-0.39, 0.29) is 30.4 Å². The minimum atomic E-state index is -0.724. The molecular formula is C18H25N5O3. The Balaban J connectivity index is 1.43. The molecule has 2 saturated heterocycles. The summed E-state index contributed by atoms with van der Waals surface area (Å²) >= 11 is 0. The molecule has 2 aliphatic heterocycles. The Morgan fingerprint density at radius 1 is 1.27 bits per heavy atom. The van der Waals surface area contributed by atoms with Gasteiger partial charge in [0.25, 0.3) is 5.91 Å². The molecule has 1 aromatic rings. The van der Waals surface area contributed by atoms with Gasteiger partial charge in [0.05, 0.1) is 6.04 Å². The zero-order valence-electron chi connectivity index (χ0n) is 15.1. The highest BCUT2D eigenvalue weighted by atomic mass is 16.2. The maximum Gasteiger partial charge on any atom is 0.327 e. The summed E-state index contributed by atoms with van der Waals surface area (Å²) in [4.78, 5) is 42.8. The first-order valence-corrected chi connectivity index (χ1v) is 9.39. The molecule has 3 aliphatic rings. The lowest BCUT2D eigenvalue weighted by molar-refractivity contribution is -0.140. The molecule has 1 aromatic heterocycles. The lowest BCUT2D eigenvalue weighted by Gasteiger charge is -2.35. The van der Waals surface area contributed by atoms with Crippen molar-refractivity contribution in [1.82, 2.24) is 24.5 Å². The molecule has 0 bridgehead atoms. The van der Waals surface area contributed by atoms with Crippen molar-refractivity contribution in [2.75, 3.05) is 26.7 Å². The Hall–Kier alpha value is -2.38. The number of hydrogen-bond donors (Lipinski definition) is 0. The minimum Gasteiger partial charge on any atom is -0.339 e. The van der Waals surface area contributed by atoms with E-state index in [0.29, 0.717) is 25.9 Å². The summed E-state index contributed by atoms with van der Waals surface area (Å²) in [5.41, 5.74) is -0.724. The number of hydrogen-bond acceptors (Lipinski definition) is 4. The second kappa shape index (κ2) is 6.41. The van der Waals surface area contributed by atoms with Gasteiger partial charge in [-0.25, -0.2) is 4.79 Å². The number of rotatable bonds is 3. The smallest absolute Gasteiger partial charge is 0.327 e. The van der Waals surface area contributed by atoms with Gasteiger partial charge in [0, 0.05) is 32.5 Å². The fourth-order valence-corrected chi connectivity index (χ4v) is 4.59. The molecule has 0 radical (unpaired) electrons. The predicted molar refractivity (Wildman–Crippen MR) is 93.1 cm³/mol. The second-order valence-corrected chi connectivity index (χ2v) is 7.59. The second-order valence-electron chi connectivity index (χ2n) is 7.59. The third kappa shape index (κ3) is 2.59. The molecule has 3 heterocycles. The largest absolute Gasteiger partial charge is 0.339 e. The molecule has 0 N–H and O–H groups in total. The van der Waals surface area contributed by atoms with Crippen LogP contribution >= 0.6 is 0 Å². The Morgan fingerprint density at radius 3 is 2.73 bits per heavy atom. The Kier molecular flexibility index (Phi) is 4.20. The summed E-state index contributed by atoms with van der Waals surface area (Å²) in [5.74, 6) is -0.358. The van der Waals surface area contributed by atoms with Crippen LogP contribution in [0.3, 0.4) is 0 Å². The van der Waals surface area contributed by atoms with E-state index < -0.39 is 5.54 Å². The van der Waals surface area contributed by atoms with Crippen LogP contribution in [-0.2, 0) is 9.59 Å². The van der Waals surface area contributed by atoms with Crippen LogP contribution < -0.4 is 0 Å². The molecule has 8 nitrogen and oxygen atoms in total. The third-order valence-electron chi connectivity index (χ3n) is 6.19. The Bertz CT molecular complexity index is 710. The number of carbonyl (C=O) groups excluding carboxylic acids is 3. The van der Waals surface area contributed by atoms with E-state index in [1.807, 2.05) is 16.9 Å². The van der Waals surface area contributed by atoms with E-state index in [9.17, 15) is 14.4 Å². The van der Waals surface area contributed by atoms with Gasteiger partial charge in [-0.3, -0.25) is 19.2 Å². The van der Waals surface area contributed by atoms with Crippen molar-refractivity contribution in [3.63, 3.8) is 0 Å². The number of nitrogens with zero attached hydrogens (tertiary/aromatic N) is 5. The first-order valence-electron chi connectivity index (χ1n) is 9.39. The molecule has 4 amide bonds. The van der Waals surface area contributed by atoms with Gasteiger partial charge in [0.15, 0.2) is 0 Å². The maximum atomic E-state index is 13.0. The molecule has 1 saturated carbocycles. The van der Waals surface area contributed by atoms with Crippen molar-refractivity contribution < 1.29 is 14.4 Å². The molecule has 3 fully saturated rings. The van der Waals surface area contributed by atoms with Crippen molar-refractivity contribution >= 4 is 17.8 Å². The molecule has 8 heteroatoms. The van der Waals surface area contributed by atoms with Crippen molar-refractivity contribution in [2.45, 2.75) is 50.1 Å². The first-order chi connectivity index (χ1) is 12.5. The van der Waals surface area contributed by atoms with Crippen LogP contribution in [0.5, 0.6) is 0 Å². The van der Waals surface area contributed by atoms with E-state index in [0.717, 1.165) is 30.6 Å². The first kappa shape index (κ1) is 17.1. The number of carbonyl (C=O) groups is 3. The van der Waals surface area contributed by atoms with E-state index in [4.69, 9.17) is 0 Å².